The third kappa shape index (κ3) is 1.56. The number of fused-ring (bicyclic) bond motifs is 1. The molecule has 0 atom stereocenters. The Bertz CT molecular complexity index is 469. The highest BCUT2D eigenvalue weighted by Gasteiger charge is 2.17. The van der Waals surface area contributed by atoms with E-state index in [4.69, 9.17) is 0 Å². The van der Waals surface area contributed by atoms with E-state index in [0.717, 1.165) is 0 Å². The molecule has 2 heteroatoms. The van der Waals surface area contributed by atoms with E-state index in [1.165, 1.54) is 35.7 Å². The van der Waals surface area contributed by atoms with Crippen molar-refractivity contribution in [1.29, 1.82) is 0 Å². The number of aromatic nitrogens is 1. The first-order valence-corrected chi connectivity index (χ1v) is 5.53. The number of anilines is 1. The normalized spacial score (nSPS) is 16.3. The molecule has 1 aromatic heterocycles. The minimum absolute atomic E-state index is 0.684. The Morgan fingerprint density at radius 1 is 1.20 bits per heavy atom. The minimum Gasteiger partial charge on any atom is -0.382 e. The first-order chi connectivity index (χ1) is 7.43. The summed E-state index contributed by atoms with van der Waals surface area (Å²) in [5.74, 6) is 0. The fourth-order valence-electron chi connectivity index (χ4n) is 2.02. The van der Waals surface area contributed by atoms with Crippen molar-refractivity contribution in [1.82, 2.24) is 4.98 Å². The highest BCUT2D eigenvalue weighted by molar-refractivity contribution is 5.93. The number of pyridine rings is 1. The third-order valence-electron chi connectivity index (χ3n) is 3.15. The summed E-state index contributed by atoms with van der Waals surface area (Å²) in [4.78, 5) is 4.14. The molecular formula is C13H14N2. The molecule has 1 fully saturated rings. The standard InChI is InChI=1S/C13H14N2/c1-3-10-9-14-8-7-12(10)13(6-1)15-11-4-2-5-11/h1,3,6-9,11,15H,2,4-5H2. The summed E-state index contributed by atoms with van der Waals surface area (Å²) < 4.78 is 0. The summed E-state index contributed by atoms with van der Waals surface area (Å²) in [6.07, 6.45) is 7.75. The van der Waals surface area contributed by atoms with Crippen LogP contribution in [0.2, 0.25) is 0 Å². The number of hydrogen-bond donors (Lipinski definition) is 1. The Morgan fingerprint density at radius 2 is 2.13 bits per heavy atom. The van der Waals surface area contributed by atoms with E-state index in [2.05, 4.69) is 34.6 Å². The molecular weight excluding hydrogens is 184 g/mol. The topological polar surface area (TPSA) is 24.9 Å². The SMILES string of the molecule is c1cc(NC2CCC2)c2ccncc2c1. The van der Waals surface area contributed by atoms with Crippen molar-refractivity contribution in [2.75, 3.05) is 5.32 Å². The first kappa shape index (κ1) is 8.72. The van der Waals surface area contributed by atoms with Crippen molar-refractivity contribution in [3.05, 3.63) is 36.7 Å². The minimum atomic E-state index is 0.684. The van der Waals surface area contributed by atoms with E-state index in [9.17, 15) is 0 Å². The van der Waals surface area contributed by atoms with Crippen molar-refractivity contribution in [2.45, 2.75) is 25.3 Å². The van der Waals surface area contributed by atoms with E-state index in [-0.39, 0.29) is 0 Å². The molecule has 1 aliphatic rings. The fraction of sp³-hybridized carbons (Fsp3) is 0.308. The van der Waals surface area contributed by atoms with Gasteiger partial charge in [-0.3, -0.25) is 4.98 Å². The molecule has 0 spiro atoms. The van der Waals surface area contributed by atoms with Gasteiger partial charge in [0.1, 0.15) is 0 Å². The molecule has 3 rings (SSSR count). The summed E-state index contributed by atoms with van der Waals surface area (Å²) in [7, 11) is 0. The molecule has 0 unspecified atom stereocenters. The van der Waals surface area contributed by atoms with Gasteiger partial charge in [0, 0.05) is 34.9 Å². The average Bonchev–Trinajstić information content (AvgIpc) is 2.23. The molecule has 1 aliphatic carbocycles. The maximum atomic E-state index is 4.14. The van der Waals surface area contributed by atoms with Gasteiger partial charge in [0.25, 0.3) is 0 Å². The molecule has 0 amide bonds. The van der Waals surface area contributed by atoms with E-state index in [1.54, 1.807) is 0 Å². The Kier molecular flexibility index (Phi) is 2.05. The van der Waals surface area contributed by atoms with Crippen molar-refractivity contribution in [3.63, 3.8) is 0 Å². The van der Waals surface area contributed by atoms with Crippen LogP contribution in [0, 0.1) is 0 Å². The predicted molar refractivity (Wildman–Crippen MR) is 63.0 cm³/mol. The lowest BCUT2D eigenvalue weighted by Crippen LogP contribution is -2.26. The second kappa shape index (κ2) is 3.54. The summed E-state index contributed by atoms with van der Waals surface area (Å²) in [5, 5.41) is 6.08. The zero-order chi connectivity index (χ0) is 10.1. The summed E-state index contributed by atoms with van der Waals surface area (Å²) in [5.41, 5.74) is 1.25. The van der Waals surface area contributed by atoms with Gasteiger partial charge < -0.3 is 5.32 Å². The Morgan fingerprint density at radius 3 is 2.93 bits per heavy atom. The van der Waals surface area contributed by atoms with Gasteiger partial charge in [-0.05, 0) is 31.4 Å². The monoisotopic (exact) mass is 198 g/mol. The van der Waals surface area contributed by atoms with Crippen molar-refractivity contribution in [2.24, 2.45) is 0 Å². The molecule has 0 radical (unpaired) electrons. The van der Waals surface area contributed by atoms with Crippen LogP contribution in [0.3, 0.4) is 0 Å². The smallest absolute Gasteiger partial charge is 0.0423 e. The van der Waals surface area contributed by atoms with Gasteiger partial charge in [0.15, 0.2) is 0 Å². The highest BCUT2D eigenvalue weighted by atomic mass is 14.9. The van der Waals surface area contributed by atoms with Gasteiger partial charge in [-0.25, -0.2) is 0 Å². The van der Waals surface area contributed by atoms with Crippen molar-refractivity contribution in [3.8, 4) is 0 Å². The van der Waals surface area contributed by atoms with Crippen LogP contribution in [-0.4, -0.2) is 11.0 Å². The van der Waals surface area contributed by atoms with Crippen LogP contribution >= 0.6 is 0 Å². The van der Waals surface area contributed by atoms with Crippen LogP contribution in [0.1, 0.15) is 19.3 Å². The van der Waals surface area contributed by atoms with Gasteiger partial charge in [-0.1, -0.05) is 12.1 Å². The quantitative estimate of drug-likeness (QED) is 0.801. The molecule has 15 heavy (non-hydrogen) atoms. The Balaban J connectivity index is 2.01. The lowest BCUT2D eigenvalue weighted by Gasteiger charge is -2.28. The third-order valence-corrected chi connectivity index (χ3v) is 3.15. The number of hydrogen-bond acceptors (Lipinski definition) is 2. The Labute approximate surface area is 89.3 Å². The molecule has 1 N–H and O–H groups in total. The second-order valence-electron chi connectivity index (χ2n) is 4.17. The van der Waals surface area contributed by atoms with Gasteiger partial charge in [-0.2, -0.15) is 0 Å². The average molecular weight is 198 g/mol. The maximum Gasteiger partial charge on any atom is 0.0423 e. The number of rotatable bonds is 2. The van der Waals surface area contributed by atoms with Crippen LogP contribution in [0.25, 0.3) is 10.8 Å². The first-order valence-electron chi connectivity index (χ1n) is 5.53. The molecule has 1 saturated carbocycles. The van der Waals surface area contributed by atoms with Crippen LogP contribution in [0.5, 0.6) is 0 Å². The van der Waals surface area contributed by atoms with Gasteiger partial charge in [0.2, 0.25) is 0 Å². The number of nitrogens with zero attached hydrogens (tertiary/aromatic N) is 1. The highest BCUT2D eigenvalue weighted by Crippen LogP contribution is 2.27. The zero-order valence-electron chi connectivity index (χ0n) is 8.61. The van der Waals surface area contributed by atoms with E-state index < -0.39 is 0 Å². The van der Waals surface area contributed by atoms with Crippen molar-refractivity contribution >= 4 is 16.5 Å². The lowest BCUT2D eigenvalue weighted by molar-refractivity contribution is 0.446. The summed E-state index contributed by atoms with van der Waals surface area (Å²) >= 11 is 0. The lowest BCUT2D eigenvalue weighted by atomic mass is 9.92. The molecule has 2 nitrogen and oxygen atoms in total. The maximum absolute atomic E-state index is 4.14. The number of benzene rings is 1. The van der Waals surface area contributed by atoms with Crippen LogP contribution in [-0.2, 0) is 0 Å². The molecule has 1 aromatic carbocycles. The van der Waals surface area contributed by atoms with E-state index >= 15 is 0 Å². The molecule has 0 bridgehead atoms. The zero-order valence-corrected chi connectivity index (χ0v) is 8.61. The fourth-order valence-corrected chi connectivity index (χ4v) is 2.02. The van der Waals surface area contributed by atoms with Crippen molar-refractivity contribution < 1.29 is 0 Å². The van der Waals surface area contributed by atoms with Gasteiger partial charge in [-0.15, -0.1) is 0 Å². The Hall–Kier alpha value is -1.57. The van der Waals surface area contributed by atoms with E-state index in [0.29, 0.717) is 6.04 Å². The molecule has 0 saturated heterocycles. The molecule has 2 aromatic rings. The molecule has 0 aliphatic heterocycles. The largest absolute Gasteiger partial charge is 0.382 e. The second-order valence-corrected chi connectivity index (χ2v) is 4.17. The summed E-state index contributed by atoms with van der Waals surface area (Å²) in [6.45, 7) is 0. The molecule has 1 heterocycles. The summed E-state index contributed by atoms with van der Waals surface area (Å²) in [6, 6.07) is 9.11. The predicted octanol–water partition coefficient (Wildman–Crippen LogP) is 3.20. The number of nitrogens with one attached hydrogen (secondary N) is 1. The van der Waals surface area contributed by atoms with Crippen LogP contribution < -0.4 is 5.32 Å². The van der Waals surface area contributed by atoms with Gasteiger partial charge >= 0.3 is 0 Å². The molecule has 76 valence electrons. The van der Waals surface area contributed by atoms with Crippen LogP contribution in [0.4, 0.5) is 5.69 Å². The van der Waals surface area contributed by atoms with E-state index in [1.807, 2.05) is 12.4 Å². The van der Waals surface area contributed by atoms with Gasteiger partial charge in [0.05, 0.1) is 0 Å². The van der Waals surface area contributed by atoms with Crippen LogP contribution in [0.15, 0.2) is 36.7 Å².